The molecule has 3 aromatic rings. The summed E-state index contributed by atoms with van der Waals surface area (Å²) in [6.07, 6.45) is 3.87. The second-order valence-corrected chi connectivity index (χ2v) is 5.77. The van der Waals surface area contributed by atoms with E-state index in [1.165, 1.54) is 46.4 Å². The summed E-state index contributed by atoms with van der Waals surface area (Å²) in [6, 6.07) is 20.0. The molecule has 0 bridgehead atoms. The molecular weight excluding hydrogens is 240 g/mol. The summed E-state index contributed by atoms with van der Waals surface area (Å²) in [5.74, 6) is 0.639. The summed E-state index contributed by atoms with van der Waals surface area (Å²) in [5, 5.41) is 5.52. The van der Waals surface area contributed by atoms with E-state index in [1.54, 1.807) is 0 Å². The van der Waals surface area contributed by atoms with Crippen molar-refractivity contribution >= 4 is 21.5 Å². The van der Waals surface area contributed by atoms with Gasteiger partial charge in [-0.25, -0.2) is 0 Å². The maximum Gasteiger partial charge on any atom is -0.0103 e. The van der Waals surface area contributed by atoms with Gasteiger partial charge in [0.15, 0.2) is 0 Å². The summed E-state index contributed by atoms with van der Waals surface area (Å²) in [4.78, 5) is 0. The summed E-state index contributed by atoms with van der Waals surface area (Å²) < 4.78 is 0. The van der Waals surface area contributed by atoms with Crippen LogP contribution < -0.4 is 0 Å². The molecule has 3 rings (SSSR count). The largest absolute Gasteiger partial charge is 0.0654 e. The molecular formula is C20H22. The van der Waals surface area contributed by atoms with Crippen LogP contribution >= 0.6 is 0 Å². The quantitative estimate of drug-likeness (QED) is 0.485. The lowest BCUT2D eigenvalue weighted by atomic mass is 9.89. The van der Waals surface area contributed by atoms with E-state index in [9.17, 15) is 0 Å². The fourth-order valence-corrected chi connectivity index (χ4v) is 3.16. The number of hydrogen-bond acceptors (Lipinski definition) is 0. The van der Waals surface area contributed by atoms with E-state index in [0.29, 0.717) is 5.92 Å². The predicted octanol–water partition coefficient (Wildman–Crippen LogP) is 6.29. The van der Waals surface area contributed by atoms with Crippen molar-refractivity contribution in [2.24, 2.45) is 0 Å². The Balaban J connectivity index is 2.17. The van der Waals surface area contributed by atoms with E-state index in [4.69, 9.17) is 0 Å². The Kier molecular flexibility index (Phi) is 3.73. The van der Waals surface area contributed by atoms with Crippen molar-refractivity contribution in [3.63, 3.8) is 0 Å². The van der Waals surface area contributed by atoms with Crippen LogP contribution in [0.3, 0.4) is 0 Å². The molecule has 0 saturated heterocycles. The molecule has 0 aliphatic heterocycles. The van der Waals surface area contributed by atoms with E-state index in [-0.39, 0.29) is 0 Å². The van der Waals surface area contributed by atoms with Crippen LogP contribution in [-0.4, -0.2) is 0 Å². The van der Waals surface area contributed by atoms with Gasteiger partial charge in [-0.2, -0.15) is 0 Å². The zero-order chi connectivity index (χ0) is 13.9. The topological polar surface area (TPSA) is 0 Å². The molecule has 1 atom stereocenters. The minimum Gasteiger partial charge on any atom is -0.0654 e. The van der Waals surface area contributed by atoms with Crippen LogP contribution in [0.4, 0.5) is 0 Å². The molecule has 0 nitrogen and oxygen atoms in total. The highest BCUT2D eigenvalue weighted by Gasteiger charge is 2.10. The van der Waals surface area contributed by atoms with Crippen molar-refractivity contribution in [1.82, 2.24) is 0 Å². The predicted molar refractivity (Wildman–Crippen MR) is 89.4 cm³/mol. The van der Waals surface area contributed by atoms with Crippen LogP contribution in [0.1, 0.15) is 44.6 Å². The van der Waals surface area contributed by atoms with Crippen LogP contribution in [-0.2, 0) is 0 Å². The highest BCUT2D eigenvalue weighted by atomic mass is 14.1. The molecule has 1 unspecified atom stereocenters. The van der Waals surface area contributed by atoms with Crippen LogP contribution in [0.25, 0.3) is 21.5 Å². The van der Waals surface area contributed by atoms with Crippen LogP contribution in [0.15, 0.2) is 54.6 Å². The number of benzene rings is 3. The Morgan fingerprint density at radius 1 is 0.800 bits per heavy atom. The van der Waals surface area contributed by atoms with Crippen LogP contribution in [0.5, 0.6) is 0 Å². The molecule has 0 N–H and O–H groups in total. The molecule has 102 valence electrons. The van der Waals surface area contributed by atoms with Crippen molar-refractivity contribution in [1.29, 1.82) is 0 Å². The molecule has 20 heavy (non-hydrogen) atoms. The summed E-state index contributed by atoms with van der Waals surface area (Å²) >= 11 is 0. The Morgan fingerprint density at radius 2 is 1.60 bits per heavy atom. The lowest BCUT2D eigenvalue weighted by Gasteiger charge is -2.15. The third kappa shape index (κ3) is 2.31. The smallest absolute Gasteiger partial charge is 0.0103 e. The van der Waals surface area contributed by atoms with E-state index < -0.39 is 0 Å². The monoisotopic (exact) mass is 262 g/mol. The Hall–Kier alpha value is -1.82. The molecule has 0 spiro atoms. The molecule has 0 aliphatic carbocycles. The molecule has 0 heteroatoms. The number of unbranched alkanes of at least 4 members (excludes halogenated alkanes) is 1. The molecule has 3 aromatic carbocycles. The van der Waals surface area contributed by atoms with Crippen molar-refractivity contribution in [3.05, 3.63) is 60.2 Å². The van der Waals surface area contributed by atoms with Crippen LogP contribution in [0.2, 0.25) is 0 Å². The minimum atomic E-state index is 0.639. The SMILES string of the molecule is CCCCC(C)c1cccc2c1ccc1ccccc12. The van der Waals surface area contributed by atoms with Gasteiger partial charge >= 0.3 is 0 Å². The van der Waals surface area contributed by atoms with Gasteiger partial charge in [0.25, 0.3) is 0 Å². The van der Waals surface area contributed by atoms with E-state index in [0.717, 1.165) is 0 Å². The average Bonchev–Trinajstić information content (AvgIpc) is 2.51. The van der Waals surface area contributed by atoms with Gasteiger partial charge in [-0.05, 0) is 39.4 Å². The number of fused-ring (bicyclic) bond motifs is 3. The van der Waals surface area contributed by atoms with Crippen molar-refractivity contribution in [3.8, 4) is 0 Å². The van der Waals surface area contributed by atoms with Gasteiger partial charge in [0.05, 0.1) is 0 Å². The normalized spacial score (nSPS) is 12.9. The standard InChI is InChI=1S/C20H22/c1-3-4-8-15(2)17-11-7-12-19-18-10-6-5-9-16(18)13-14-20(17)19/h5-7,9-15H,3-4,8H2,1-2H3. The Labute approximate surface area is 121 Å². The van der Waals surface area contributed by atoms with E-state index in [1.807, 2.05) is 0 Å². The van der Waals surface area contributed by atoms with Gasteiger partial charge in [0, 0.05) is 0 Å². The fraction of sp³-hybridized carbons (Fsp3) is 0.300. The highest BCUT2D eigenvalue weighted by Crippen LogP contribution is 2.32. The third-order valence-electron chi connectivity index (χ3n) is 4.34. The van der Waals surface area contributed by atoms with Crippen molar-refractivity contribution < 1.29 is 0 Å². The Morgan fingerprint density at radius 3 is 2.45 bits per heavy atom. The molecule has 0 aromatic heterocycles. The van der Waals surface area contributed by atoms with Gasteiger partial charge in [0.1, 0.15) is 0 Å². The van der Waals surface area contributed by atoms with Crippen molar-refractivity contribution in [2.45, 2.75) is 39.0 Å². The van der Waals surface area contributed by atoms with Crippen LogP contribution in [0, 0.1) is 0 Å². The molecule has 0 saturated carbocycles. The zero-order valence-electron chi connectivity index (χ0n) is 12.4. The average molecular weight is 262 g/mol. The maximum absolute atomic E-state index is 2.36. The second kappa shape index (κ2) is 5.66. The van der Waals surface area contributed by atoms with Gasteiger partial charge in [-0.3, -0.25) is 0 Å². The third-order valence-corrected chi connectivity index (χ3v) is 4.34. The van der Waals surface area contributed by atoms with E-state index in [2.05, 4.69) is 68.4 Å². The second-order valence-electron chi connectivity index (χ2n) is 5.77. The summed E-state index contributed by atoms with van der Waals surface area (Å²) in [6.45, 7) is 4.63. The Bertz CT molecular complexity index is 724. The highest BCUT2D eigenvalue weighted by molar-refractivity contribution is 6.08. The van der Waals surface area contributed by atoms with Gasteiger partial charge in [0.2, 0.25) is 0 Å². The van der Waals surface area contributed by atoms with Gasteiger partial charge in [-0.15, -0.1) is 0 Å². The summed E-state index contributed by atoms with van der Waals surface area (Å²) in [5.41, 5.74) is 1.50. The van der Waals surface area contributed by atoms with Gasteiger partial charge < -0.3 is 0 Å². The first-order chi connectivity index (χ1) is 9.81. The first-order valence-corrected chi connectivity index (χ1v) is 7.71. The van der Waals surface area contributed by atoms with E-state index >= 15 is 0 Å². The number of hydrogen-bond donors (Lipinski definition) is 0. The maximum atomic E-state index is 2.36. The first kappa shape index (κ1) is 13.2. The fourth-order valence-electron chi connectivity index (χ4n) is 3.16. The zero-order valence-corrected chi connectivity index (χ0v) is 12.4. The lowest BCUT2D eigenvalue weighted by Crippen LogP contribution is -1.95. The van der Waals surface area contributed by atoms with Gasteiger partial charge in [-0.1, -0.05) is 81.3 Å². The molecule has 0 amide bonds. The first-order valence-electron chi connectivity index (χ1n) is 7.71. The lowest BCUT2D eigenvalue weighted by molar-refractivity contribution is 0.627. The van der Waals surface area contributed by atoms with Crippen molar-refractivity contribution in [2.75, 3.05) is 0 Å². The summed E-state index contributed by atoms with van der Waals surface area (Å²) in [7, 11) is 0. The number of rotatable bonds is 4. The molecule has 0 aliphatic rings. The molecule has 0 fully saturated rings. The minimum absolute atomic E-state index is 0.639. The molecule has 0 radical (unpaired) electrons. The molecule has 0 heterocycles.